The molecule has 1 rings (SSSR count). The Kier molecular flexibility index (Phi) is 4.33. The first-order chi connectivity index (χ1) is 7.13. The van der Waals surface area contributed by atoms with E-state index in [4.69, 9.17) is 0 Å². The summed E-state index contributed by atoms with van der Waals surface area (Å²) in [4.78, 5) is 0. The maximum absolute atomic E-state index is 10.2. The lowest BCUT2D eigenvalue weighted by atomic mass is 9.94. The molecule has 1 aromatic rings. The van der Waals surface area contributed by atoms with E-state index in [0.29, 0.717) is 5.92 Å². The highest BCUT2D eigenvalue weighted by molar-refractivity contribution is 5.13. The van der Waals surface area contributed by atoms with E-state index < -0.39 is 0 Å². The van der Waals surface area contributed by atoms with Gasteiger partial charge < -0.3 is 5.11 Å². The Balaban J connectivity index is 2.88. The molecule has 15 heavy (non-hydrogen) atoms. The third-order valence-corrected chi connectivity index (χ3v) is 3.13. The van der Waals surface area contributed by atoms with Crippen molar-refractivity contribution in [3.05, 3.63) is 17.5 Å². The van der Waals surface area contributed by atoms with Crippen LogP contribution in [0.1, 0.15) is 51.1 Å². The zero-order chi connectivity index (χ0) is 11.4. The molecule has 3 nitrogen and oxygen atoms in total. The minimum absolute atomic E-state index is 0.338. The predicted octanol–water partition coefficient (Wildman–Crippen LogP) is 2.45. The average Bonchev–Trinajstić information content (AvgIpc) is 2.61. The molecule has 1 N–H and O–H groups in total. The van der Waals surface area contributed by atoms with Gasteiger partial charge in [0.15, 0.2) is 0 Å². The molecule has 0 spiro atoms. The minimum Gasteiger partial charge on any atom is -0.387 e. The van der Waals surface area contributed by atoms with Gasteiger partial charge in [0.05, 0.1) is 17.5 Å². The summed E-state index contributed by atoms with van der Waals surface area (Å²) in [5.74, 6) is 0.338. The molecule has 0 aliphatic carbocycles. The van der Waals surface area contributed by atoms with Crippen LogP contribution in [0.2, 0.25) is 0 Å². The van der Waals surface area contributed by atoms with Gasteiger partial charge in [0.2, 0.25) is 0 Å². The number of hydrogen-bond acceptors (Lipinski definition) is 2. The Bertz CT molecular complexity index is 303. The van der Waals surface area contributed by atoms with Crippen molar-refractivity contribution in [3.63, 3.8) is 0 Å². The third-order valence-electron chi connectivity index (χ3n) is 3.13. The summed E-state index contributed by atoms with van der Waals surface area (Å²) < 4.78 is 1.81. The molecule has 0 saturated carbocycles. The van der Waals surface area contributed by atoms with Crippen molar-refractivity contribution in [2.24, 2.45) is 13.0 Å². The van der Waals surface area contributed by atoms with Crippen LogP contribution in [-0.4, -0.2) is 14.9 Å². The standard InChI is InChI=1S/C12H22N2O/c1-5-9(6-2)12(15)11-8-10(7-3)13-14(11)4/h8-9,12,15H,5-7H2,1-4H3. The fourth-order valence-corrected chi connectivity index (χ4v) is 1.97. The molecule has 0 saturated heterocycles. The highest BCUT2D eigenvalue weighted by atomic mass is 16.3. The van der Waals surface area contributed by atoms with Gasteiger partial charge in [-0.1, -0.05) is 33.6 Å². The number of nitrogens with zero attached hydrogens (tertiary/aromatic N) is 2. The van der Waals surface area contributed by atoms with Crippen molar-refractivity contribution in [1.82, 2.24) is 9.78 Å². The van der Waals surface area contributed by atoms with Crippen molar-refractivity contribution < 1.29 is 5.11 Å². The molecule has 0 bridgehead atoms. The van der Waals surface area contributed by atoms with Crippen LogP contribution in [0, 0.1) is 5.92 Å². The molecule has 1 heterocycles. The van der Waals surface area contributed by atoms with E-state index >= 15 is 0 Å². The fourth-order valence-electron chi connectivity index (χ4n) is 1.97. The van der Waals surface area contributed by atoms with Gasteiger partial charge in [0.25, 0.3) is 0 Å². The minimum atomic E-state index is -0.377. The average molecular weight is 210 g/mol. The van der Waals surface area contributed by atoms with Crippen LogP contribution in [-0.2, 0) is 13.5 Å². The monoisotopic (exact) mass is 210 g/mol. The van der Waals surface area contributed by atoms with E-state index in [1.54, 1.807) is 0 Å². The lowest BCUT2D eigenvalue weighted by Gasteiger charge is -2.19. The van der Waals surface area contributed by atoms with E-state index in [0.717, 1.165) is 30.7 Å². The zero-order valence-electron chi connectivity index (χ0n) is 10.2. The van der Waals surface area contributed by atoms with Crippen LogP contribution in [0.25, 0.3) is 0 Å². The summed E-state index contributed by atoms with van der Waals surface area (Å²) in [6, 6.07) is 2.02. The topological polar surface area (TPSA) is 38.0 Å². The number of rotatable bonds is 5. The Morgan fingerprint density at radius 2 is 1.93 bits per heavy atom. The largest absolute Gasteiger partial charge is 0.387 e. The van der Waals surface area contributed by atoms with E-state index in [1.807, 2.05) is 17.8 Å². The number of aromatic nitrogens is 2. The summed E-state index contributed by atoms with van der Waals surface area (Å²) in [7, 11) is 1.90. The molecule has 0 radical (unpaired) electrons. The van der Waals surface area contributed by atoms with Crippen molar-refractivity contribution in [2.45, 2.75) is 46.1 Å². The maximum Gasteiger partial charge on any atom is 0.0984 e. The van der Waals surface area contributed by atoms with E-state index in [9.17, 15) is 5.11 Å². The lowest BCUT2D eigenvalue weighted by Crippen LogP contribution is -2.14. The van der Waals surface area contributed by atoms with Crippen molar-refractivity contribution in [1.29, 1.82) is 0 Å². The molecular weight excluding hydrogens is 188 g/mol. The molecule has 1 unspecified atom stereocenters. The number of hydrogen-bond donors (Lipinski definition) is 1. The molecule has 0 aliphatic rings. The van der Waals surface area contributed by atoms with Gasteiger partial charge in [-0.05, 0) is 18.4 Å². The van der Waals surface area contributed by atoms with Crippen LogP contribution in [0.5, 0.6) is 0 Å². The molecule has 0 aromatic carbocycles. The first kappa shape index (κ1) is 12.2. The fraction of sp³-hybridized carbons (Fsp3) is 0.750. The van der Waals surface area contributed by atoms with Crippen molar-refractivity contribution >= 4 is 0 Å². The maximum atomic E-state index is 10.2. The molecule has 1 aromatic heterocycles. The van der Waals surface area contributed by atoms with Crippen LogP contribution in [0.3, 0.4) is 0 Å². The van der Waals surface area contributed by atoms with Gasteiger partial charge in [0.1, 0.15) is 0 Å². The molecule has 0 aliphatic heterocycles. The van der Waals surface area contributed by atoms with Gasteiger partial charge >= 0.3 is 0 Å². The second-order valence-electron chi connectivity index (χ2n) is 4.06. The normalized spacial score (nSPS) is 13.5. The van der Waals surface area contributed by atoms with E-state index in [2.05, 4.69) is 25.9 Å². The summed E-state index contributed by atoms with van der Waals surface area (Å²) in [6.07, 6.45) is 2.55. The highest BCUT2D eigenvalue weighted by Crippen LogP contribution is 2.27. The van der Waals surface area contributed by atoms with Crippen LogP contribution < -0.4 is 0 Å². The van der Waals surface area contributed by atoms with E-state index in [-0.39, 0.29) is 6.10 Å². The van der Waals surface area contributed by atoms with Crippen LogP contribution in [0.15, 0.2) is 6.07 Å². The SMILES string of the molecule is CCc1cc(C(O)C(CC)CC)n(C)n1. The molecule has 0 fully saturated rings. The van der Waals surface area contributed by atoms with Crippen LogP contribution in [0.4, 0.5) is 0 Å². The summed E-state index contributed by atoms with van der Waals surface area (Å²) >= 11 is 0. The van der Waals surface area contributed by atoms with Gasteiger partial charge in [-0.3, -0.25) is 4.68 Å². The lowest BCUT2D eigenvalue weighted by molar-refractivity contribution is 0.0953. The summed E-state index contributed by atoms with van der Waals surface area (Å²) in [5, 5.41) is 14.6. The first-order valence-corrected chi connectivity index (χ1v) is 5.84. The number of aliphatic hydroxyl groups excluding tert-OH is 1. The molecular formula is C12H22N2O. The second-order valence-corrected chi connectivity index (χ2v) is 4.06. The second kappa shape index (κ2) is 5.31. The van der Waals surface area contributed by atoms with E-state index in [1.165, 1.54) is 0 Å². The molecule has 1 atom stereocenters. The van der Waals surface area contributed by atoms with Crippen LogP contribution >= 0.6 is 0 Å². The molecule has 3 heteroatoms. The van der Waals surface area contributed by atoms with Gasteiger partial charge in [-0.2, -0.15) is 5.10 Å². The quantitative estimate of drug-likeness (QED) is 0.810. The molecule has 86 valence electrons. The third kappa shape index (κ3) is 2.59. The van der Waals surface area contributed by atoms with Gasteiger partial charge in [-0.15, -0.1) is 0 Å². The zero-order valence-corrected chi connectivity index (χ0v) is 10.2. The predicted molar refractivity (Wildman–Crippen MR) is 61.6 cm³/mol. The van der Waals surface area contributed by atoms with Gasteiger partial charge in [0, 0.05) is 7.05 Å². The highest BCUT2D eigenvalue weighted by Gasteiger charge is 2.21. The Morgan fingerprint density at radius 1 is 1.33 bits per heavy atom. The van der Waals surface area contributed by atoms with Crippen molar-refractivity contribution in [2.75, 3.05) is 0 Å². The summed E-state index contributed by atoms with van der Waals surface area (Å²) in [5.41, 5.74) is 2.00. The smallest absolute Gasteiger partial charge is 0.0984 e. The van der Waals surface area contributed by atoms with Gasteiger partial charge in [-0.25, -0.2) is 0 Å². The number of aryl methyl sites for hydroxylation is 2. The Hall–Kier alpha value is -0.830. The number of aliphatic hydroxyl groups is 1. The Morgan fingerprint density at radius 3 is 2.33 bits per heavy atom. The Labute approximate surface area is 92.1 Å². The first-order valence-electron chi connectivity index (χ1n) is 5.84. The summed E-state index contributed by atoms with van der Waals surface area (Å²) in [6.45, 7) is 6.32. The van der Waals surface area contributed by atoms with Crippen molar-refractivity contribution in [3.8, 4) is 0 Å². The molecule has 0 amide bonds.